The highest BCUT2D eigenvalue weighted by Crippen LogP contribution is 2.33. The van der Waals surface area contributed by atoms with E-state index in [4.69, 9.17) is 0 Å². The summed E-state index contributed by atoms with van der Waals surface area (Å²) in [5.41, 5.74) is 0.0655. The van der Waals surface area contributed by atoms with Gasteiger partial charge in [0, 0.05) is 32.1 Å². The summed E-state index contributed by atoms with van der Waals surface area (Å²) < 4.78 is 28.1. The molecule has 2 heterocycles. The highest BCUT2D eigenvalue weighted by molar-refractivity contribution is 6.04. The molecule has 1 N–H and O–H groups in total. The van der Waals surface area contributed by atoms with Gasteiger partial charge in [0.1, 0.15) is 11.5 Å². The van der Waals surface area contributed by atoms with Crippen molar-refractivity contribution in [1.82, 2.24) is 0 Å². The maximum atomic E-state index is 14.5. The van der Waals surface area contributed by atoms with Crippen LogP contribution in [0, 0.1) is 27.7 Å². The fraction of sp³-hybridized carbons (Fsp3) is 0.333. The fourth-order valence-corrected chi connectivity index (χ4v) is 4.02. The number of anilines is 3. The molecule has 2 aliphatic rings. The maximum Gasteiger partial charge on any atom is 0.306 e. The first kappa shape index (κ1) is 20.7. The van der Waals surface area contributed by atoms with Crippen molar-refractivity contribution in [3.05, 3.63) is 58.1 Å². The molecule has 31 heavy (non-hydrogen) atoms. The molecule has 8 nitrogen and oxygen atoms in total. The Morgan fingerprint density at radius 1 is 1.13 bits per heavy atom. The molecule has 0 radical (unpaired) electrons. The van der Waals surface area contributed by atoms with Crippen LogP contribution in [-0.2, 0) is 9.59 Å². The molecule has 0 bridgehead atoms. The molecular formula is C21H20F2N4O4. The minimum absolute atomic E-state index is 0.0407. The van der Waals surface area contributed by atoms with E-state index in [2.05, 4.69) is 5.32 Å². The maximum absolute atomic E-state index is 14.5. The zero-order valence-electron chi connectivity index (χ0n) is 16.5. The molecule has 1 atom stereocenters. The number of halogens is 2. The lowest BCUT2D eigenvalue weighted by Gasteiger charge is -2.23. The quantitative estimate of drug-likeness (QED) is 0.579. The fourth-order valence-electron chi connectivity index (χ4n) is 4.02. The van der Waals surface area contributed by atoms with E-state index in [-0.39, 0.29) is 24.3 Å². The number of hydrogen-bond donors (Lipinski definition) is 1. The average molecular weight is 430 g/mol. The number of nitro benzene ring substituents is 1. The van der Waals surface area contributed by atoms with Crippen LogP contribution in [0.2, 0.25) is 0 Å². The molecular weight excluding hydrogens is 410 g/mol. The predicted molar refractivity (Wildman–Crippen MR) is 110 cm³/mol. The third kappa shape index (κ3) is 4.05. The summed E-state index contributed by atoms with van der Waals surface area (Å²) >= 11 is 0. The molecule has 0 saturated carbocycles. The Balaban J connectivity index is 1.52. The van der Waals surface area contributed by atoms with Crippen molar-refractivity contribution in [1.29, 1.82) is 0 Å². The Morgan fingerprint density at radius 2 is 1.87 bits per heavy atom. The molecule has 2 aromatic carbocycles. The predicted octanol–water partition coefficient (Wildman–Crippen LogP) is 3.46. The summed E-state index contributed by atoms with van der Waals surface area (Å²) in [6, 6.07) is 7.72. The minimum atomic E-state index is -1.01. The molecule has 2 aromatic rings. The van der Waals surface area contributed by atoms with E-state index in [1.165, 1.54) is 17.0 Å². The summed E-state index contributed by atoms with van der Waals surface area (Å²) in [5.74, 6) is -3.29. The lowest BCUT2D eigenvalue weighted by molar-refractivity contribution is -0.387. The Morgan fingerprint density at radius 3 is 2.58 bits per heavy atom. The van der Waals surface area contributed by atoms with Crippen molar-refractivity contribution in [2.45, 2.75) is 19.3 Å². The van der Waals surface area contributed by atoms with Gasteiger partial charge in [0.15, 0.2) is 0 Å². The van der Waals surface area contributed by atoms with Gasteiger partial charge in [-0.2, -0.15) is 4.39 Å². The minimum Gasteiger partial charge on any atom is -0.370 e. The van der Waals surface area contributed by atoms with Gasteiger partial charge in [-0.1, -0.05) is 6.07 Å². The number of nitrogens with one attached hydrogen (secondary N) is 1. The standard InChI is InChI=1S/C21H20F2N4O4/c22-15-7-6-14(11-18(15)27(30)31)26-12-13(10-19(26)28)21(29)24-20-16(23)4-3-5-17(20)25-8-1-2-9-25/h3-7,11,13H,1-2,8-10,12H2,(H,24,29). The number of nitrogens with zero attached hydrogens (tertiary/aromatic N) is 3. The van der Waals surface area contributed by atoms with Crippen LogP contribution in [-0.4, -0.2) is 36.4 Å². The van der Waals surface area contributed by atoms with Crippen LogP contribution in [0.3, 0.4) is 0 Å². The van der Waals surface area contributed by atoms with E-state index >= 15 is 0 Å². The Labute approximate surface area is 176 Å². The molecule has 0 spiro atoms. The van der Waals surface area contributed by atoms with Gasteiger partial charge in [-0.05, 0) is 37.1 Å². The number of rotatable bonds is 5. The van der Waals surface area contributed by atoms with Crippen LogP contribution in [0.1, 0.15) is 19.3 Å². The van der Waals surface area contributed by atoms with Crippen molar-refractivity contribution in [2.24, 2.45) is 5.92 Å². The lowest BCUT2D eigenvalue weighted by Crippen LogP contribution is -2.29. The molecule has 2 amide bonds. The first-order chi connectivity index (χ1) is 14.8. The normalized spacial score (nSPS) is 18.5. The number of carbonyl (C=O) groups excluding carboxylic acids is 2. The molecule has 162 valence electrons. The molecule has 2 saturated heterocycles. The number of hydrogen-bond acceptors (Lipinski definition) is 5. The number of para-hydroxylation sites is 1. The average Bonchev–Trinajstić information content (AvgIpc) is 3.40. The van der Waals surface area contributed by atoms with Gasteiger partial charge in [0.05, 0.1) is 22.2 Å². The topological polar surface area (TPSA) is 95.8 Å². The molecule has 2 aliphatic heterocycles. The van der Waals surface area contributed by atoms with Crippen molar-refractivity contribution >= 4 is 34.6 Å². The largest absolute Gasteiger partial charge is 0.370 e. The first-order valence-corrected chi connectivity index (χ1v) is 9.94. The highest BCUT2D eigenvalue weighted by atomic mass is 19.1. The highest BCUT2D eigenvalue weighted by Gasteiger charge is 2.36. The van der Waals surface area contributed by atoms with E-state index in [1.54, 1.807) is 12.1 Å². The van der Waals surface area contributed by atoms with Gasteiger partial charge in [-0.3, -0.25) is 19.7 Å². The van der Waals surface area contributed by atoms with Crippen LogP contribution in [0.15, 0.2) is 36.4 Å². The zero-order chi connectivity index (χ0) is 22.1. The van der Waals surface area contributed by atoms with Crippen LogP contribution in [0.4, 0.5) is 31.5 Å². The molecule has 1 unspecified atom stereocenters. The first-order valence-electron chi connectivity index (χ1n) is 9.94. The van der Waals surface area contributed by atoms with Gasteiger partial charge in [-0.25, -0.2) is 4.39 Å². The second kappa shape index (κ2) is 8.29. The summed E-state index contributed by atoms with van der Waals surface area (Å²) in [6.45, 7) is 1.50. The van der Waals surface area contributed by atoms with E-state index in [0.717, 1.165) is 38.1 Å². The van der Waals surface area contributed by atoms with Crippen LogP contribution < -0.4 is 15.1 Å². The number of nitro groups is 1. The number of benzene rings is 2. The molecule has 0 aromatic heterocycles. The summed E-state index contributed by atoms with van der Waals surface area (Å²) in [6.07, 6.45) is 1.84. The smallest absolute Gasteiger partial charge is 0.306 e. The second-order valence-electron chi connectivity index (χ2n) is 7.62. The van der Waals surface area contributed by atoms with Crippen molar-refractivity contribution in [3.8, 4) is 0 Å². The second-order valence-corrected chi connectivity index (χ2v) is 7.62. The van der Waals surface area contributed by atoms with Crippen LogP contribution in [0.25, 0.3) is 0 Å². The van der Waals surface area contributed by atoms with Crippen LogP contribution in [0.5, 0.6) is 0 Å². The monoisotopic (exact) mass is 430 g/mol. The number of amides is 2. The Kier molecular flexibility index (Phi) is 5.53. The van der Waals surface area contributed by atoms with Gasteiger partial charge >= 0.3 is 5.69 Å². The van der Waals surface area contributed by atoms with E-state index in [9.17, 15) is 28.5 Å². The van der Waals surface area contributed by atoms with Crippen LogP contribution >= 0.6 is 0 Å². The van der Waals surface area contributed by atoms with E-state index < -0.39 is 40.0 Å². The zero-order valence-corrected chi connectivity index (χ0v) is 16.5. The van der Waals surface area contributed by atoms with Gasteiger partial charge in [0.25, 0.3) is 0 Å². The SMILES string of the molecule is O=C(Nc1c(F)cccc1N1CCCC1)C1CC(=O)N(c2ccc(F)c([N+](=O)[O-])c2)C1. The Hall–Kier alpha value is -3.56. The third-order valence-electron chi connectivity index (χ3n) is 5.62. The molecule has 4 rings (SSSR count). The molecule has 2 fully saturated rings. The third-order valence-corrected chi connectivity index (χ3v) is 5.62. The summed E-state index contributed by atoms with van der Waals surface area (Å²) in [4.78, 5) is 38.6. The van der Waals surface area contributed by atoms with Crippen molar-refractivity contribution in [3.63, 3.8) is 0 Å². The van der Waals surface area contributed by atoms with Crippen molar-refractivity contribution < 1.29 is 23.3 Å². The van der Waals surface area contributed by atoms with Crippen molar-refractivity contribution in [2.75, 3.05) is 34.8 Å². The summed E-state index contributed by atoms with van der Waals surface area (Å²) in [7, 11) is 0. The molecule has 0 aliphatic carbocycles. The Bertz CT molecular complexity index is 1060. The molecule has 10 heteroatoms. The van der Waals surface area contributed by atoms with E-state index in [0.29, 0.717) is 5.69 Å². The lowest BCUT2D eigenvalue weighted by atomic mass is 10.1. The van der Waals surface area contributed by atoms with Gasteiger partial charge in [0.2, 0.25) is 17.6 Å². The van der Waals surface area contributed by atoms with E-state index in [1.807, 2.05) is 4.90 Å². The van der Waals surface area contributed by atoms with Gasteiger partial charge < -0.3 is 15.1 Å². The van der Waals surface area contributed by atoms with Gasteiger partial charge in [-0.15, -0.1) is 0 Å². The number of carbonyl (C=O) groups is 2. The summed E-state index contributed by atoms with van der Waals surface area (Å²) in [5, 5.41) is 13.6.